The number of anilines is 2. The number of amides is 1. The summed E-state index contributed by atoms with van der Waals surface area (Å²) in [6.07, 6.45) is 0.252. The lowest BCUT2D eigenvalue weighted by Gasteiger charge is -2.11. The topological polar surface area (TPSA) is 117 Å². The Labute approximate surface area is 175 Å². The van der Waals surface area contributed by atoms with E-state index in [4.69, 9.17) is 5.26 Å². The first-order chi connectivity index (χ1) is 14.3. The molecule has 8 nitrogen and oxygen atoms in total. The minimum atomic E-state index is -3.85. The summed E-state index contributed by atoms with van der Waals surface area (Å²) < 4.78 is 29.5. The highest BCUT2D eigenvalue weighted by molar-refractivity contribution is 7.92. The van der Waals surface area contributed by atoms with Crippen LogP contribution in [0.4, 0.5) is 11.5 Å². The zero-order valence-corrected chi connectivity index (χ0v) is 17.4. The van der Waals surface area contributed by atoms with Crippen molar-refractivity contribution in [2.45, 2.75) is 31.7 Å². The van der Waals surface area contributed by atoms with Crippen LogP contribution in [-0.2, 0) is 16.6 Å². The van der Waals surface area contributed by atoms with E-state index in [0.717, 1.165) is 5.56 Å². The third kappa shape index (κ3) is 5.04. The molecule has 0 fully saturated rings. The molecule has 0 saturated heterocycles. The van der Waals surface area contributed by atoms with Gasteiger partial charge in [-0.05, 0) is 44.2 Å². The van der Waals surface area contributed by atoms with Crippen molar-refractivity contribution in [2.75, 3.05) is 10.0 Å². The van der Waals surface area contributed by atoms with Crippen LogP contribution < -0.4 is 10.0 Å². The average Bonchev–Trinajstić information content (AvgIpc) is 3.07. The Balaban J connectivity index is 1.80. The van der Waals surface area contributed by atoms with Gasteiger partial charge in [0.1, 0.15) is 5.82 Å². The van der Waals surface area contributed by atoms with Crippen LogP contribution in [0, 0.1) is 25.2 Å². The molecule has 0 saturated carbocycles. The lowest BCUT2D eigenvalue weighted by Crippen LogP contribution is -2.17. The highest BCUT2D eigenvalue weighted by Crippen LogP contribution is 2.19. The maximum absolute atomic E-state index is 12.7. The van der Waals surface area contributed by atoms with Crippen molar-refractivity contribution in [3.63, 3.8) is 0 Å². The number of rotatable bonds is 7. The summed E-state index contributed by atoms with van der Waals surface area (Å²) in [7, 11) is -3.85. The van der Waals surface area contributed by atoms with Crippen LogP contribution in [0.5, 0.6) is 0 Å². The van der Waals surface area contributed by atoms with Gasteiger partial charge in [0.05, 0.1) is 29.6 Å². The second-order valence-corrected chi connectivity index (χ2v) is 8.44. The third-order valence-electron chi connectivity index (χ3n) is 4.29. The van der Waals surface area contributed by atoms with Gasteiger partial charge < -0.3 is 5.32 Å². The van der Waals surface area contributed by atoms with E-state index in [1.165, 1.54) is 28.9 Å². The Morgan fingerprint density at radius 3 is 2.57 bits per heavy atom. The molecule has 30 heavy (non-hydrogen) atoms. The minimum absolute atomic E-state index is 0.0232. The van der Waals surface area contributed by atoms with Gasteiger partial charge in [-0.15, -0.1) is 0 Å². The molecular weight excluding hydrogens is 402 g/mol. The Bertz CT molecular complexity index is 1210. The molecule has 1 heterocycles. The monoisotopic (exact) mass is 423 g/mol. The first kappa shape index (κ1) is 21.1. The smallest absolute Gasteiger partial charge is 0.261 e. The fourth-order valence-electron chi connectivity index (χ4n) is 2.80. The third-order valence-corrected chi connectivity index (χ3v) is 5.67. The minimum Gasteiger partial charge on any atom is -0.307 e. The first-order valence-corrected chi connectivity index (χ1v) is 10.7. The van der Waals surface area contributed by atoms with Gasteiger partial charge >= 0.3 is 0 Å². The van der Waals surface area contributed by atoms with Crippen LogP contribution in [0.2, 0.25) is 0 Å². The summed E-state index contributed by atoms with van der Waals surface area (Å²) in [6, 6.07) is 16.5. The number of aryl methyl sites for hydroxylation is 3. The maximum atomic E-state index is 12.7. The van der Waals surface area contributed by atoms with Gasteiger partial charge in [-0.2, -0.15) is 10.4 Å². The molecule has 1 aromatic heterocycles. The number of sulfonamides is 1. The summed E-state index contributed by atoms with van der Waals surface area (Å²) in [5.74, 6) is -0.0284. The van der Waals surface area contributed by atoms with Gasteiger partial charge in [-0.1, -0.05) is 23.8 Å². The Kier molecular flexibility index (Phi) is 6.18. The van der Waals surface area contributed by atoms with Gasteiger partial charge in [-0.25, -0.2) is 13.1 Å². The van der Waals surface area contributed by atoms with E-state index in [-0.39, 0.29) is 16.9 Å². The summed E-state index contributed by atoms with van der Waals surface area (Å²) in [5.41, 5.74) is 2.34. The highest BCUT2D eigenvalue weighted by atomic mass is 32.2. The molecule has 0 aliphatic carbocycles. The SMILES string of the molecule is Cc1ccc(NS(=O)(=O)c2cccc(C(=O)Nc3cc(C)nn3CCC#N)c2)cc1. The van der Waals surface area contributed by atoms with Crippen molar-refractivity contribution >= 4 is 27.4 Å². The lowest BCUT2D eigenvalue weighted by atomic mass is 10.2. The second-order valence-electron chi connectivity index (χ2n) is 6.76. The predicted octanol–water partition coefficient (Wildman–Crippen LogP) is 3.47. The summed E-state index contributed by atoms with van der Waals surface area (Å²) in [4.78, 5) is 12.7. The largest absolute Gasteiger partial charge is 0.307 e. The van der Waals surface area contributed by atoms with E-state index in [1.807, 2.05) is 13.0 Å². The van der Waals surface area contributed by atoms with Gasteiger partial charge in [-0.3, -0.25) is 9.52 Å². The number of nitriles is 1. The van der Waals surface area contributed by atoms with Crippen molar-refractivity contribution in [1.82, 2.24) is 9.78 Å². The van der Waals surface area contributed by atoms with Crippen molar-refractivity contribution in [3.8, 4) is 6.07 Å². The zero-order chi connectivity index (χ0) is 21.7. The Hall–Kier alpha value is -3.64. The van der Waals surface area contributed by atoms with E-state index in [2.05, 4.69) is 15.1 Å². The standard InChI is InChI=1S/C21H21N5O3S/c1-15-7-9-18(10-8-15)25-30(28,29)19-6-3-5-17(14-19)21(27)23-20-13-16(2)24-26(20)12-4-11-22/h3,5-10,13-14,25H,4,12H2,1-2H3,(H,23,27). The summed E-state index contributed by atoms with van der Waals surface area (Å²) >= 11 is 0. The van der Waals surface area contributed by atoms with Crippen molar-refractivity contribution < 1.29 is 13.2 Å². The van der Waals surface area contributed by atoms with E-state index >= 15 is 0 Å². The normalized spacial score (nSPS) is 11.0. The molecule has 0 atom stereocenters. The number of aromatic nitrogens is 2. The molecule has 1 amide bonds. The summed E-state index contributed by atoms with van der Waals surface area (Å²) in [6.45, 7) is 4.03. The Morgan fingerprint density at radius 1 is 1.13 bits per heavy atom. The molecule has 0 aliphatic rings. The van der Waals surface area contributed by atoms with Crippen molar-refractivity contribution in [2.24, 2.45) is 0 Å². The van der Waals surface area contributed by atoms with Gasteiger partial charge in [0, 0.05) is 17.3 Å². The molecule has 0 bridgehead atoms. The van der Waals surface area contributed by atoms with Gasteiger partial charge in [0.2, 0.25) is 0 Å². The first-order valence-electron chi connectivity index (χ1n) is 9.21. The number of benzene rings is 2. The van der Waals surface area contributed by atoms with Crippen LogP contribution in [0.15, 0.2) is 59.5 Å². The Morgan fingerprint density at radius 2 is 1.87 bits per heavy atom. The lowest BCUT2D eigenvalue weighted by molar-refractivity contribution is 0.102. The van der Waals surface area contributed by atoms with E-state index in [1.54, 1.807) is 37.3 Å². The van der Waals surface area contributed by atoms with E-state index < -0.39 is 15.9 Å². The van der Waals surface area contributed by atoms with Crippen LogP contribution >= 0.6 is 0 Å². The highest BCUT2D eigenvalue weighted by Gasteiger charge is 2.17. The molecule has 0 spiro atoms. The molecule has 3 aromatic rings. The molecule has 0 unspecified atom stereocenters. The number of carbonyl (C=O) groups is 1. The zero-order valence-electron chi connectivity index (χ0n) is 16.6. The number of carbonyl (C=O) groups excluding carboxylic acids is 1. The molecular formula is C21H21N5O3S. The second kappa shape index (κ2) is 8.80. The van der Waals surface area contributed by atoms with Crippen molar-refractivity contribution in [3.05, 3.63) is 71.4 Å². The van der Waals surface area contributed by atoms with Crippen LogP contribution in [0.25, 0.3) is 0 Å². The number of hydrogen-bond acceptors (Lipinski definition) is 5. The van der Waals surface area contributed by atoms with Crippen molar-refractivity contribution in [1.29, 1.82) is 5.26 Å². The van der Waals surface area contributed by atoms with E-state index in [9.17, 15) is 13.2 Å². The number of hydrogen-bond donors (Lipinski definition) is 2. The maximum Gasteiger partial charge on any atom is 0.261 e. The quantitative estimate of drug-likeness (QED) is 0.603. The molecule has 2 aromatic carbocycles. The van der Waals surface area contributed by atoms with Crippen LogP contribution in [0.3, 0.4) is 0 Å². The number of nitrogens with zero attached hydrogens (tertiary/aromatic N) is 3. The molecule has 0 aliphatic heterocycles. The predicted molar refractivity (Wildman–Crippen MR) is 114 cm³/mol. The van der Waals surface area contributed by atoms with E-state index in [0.29, 0.717) is 23.7 Å². The van der Waals surface area contributed by atoms with Crippen LogP contribution in [-0.4, -0.2) is 24.1 Å². The number of nitrogens with one attached hydrogen (secondary N) is 2. The fraction of sp³-hybridized carbons (Fsp3) is 0.190. The van der Waals surface area contributed by atoms with Crippen LogP contribution in [0.1, 0.15) is 28.0 Å². The fourth-order valence-corrected chi connectivity index (χ4v) is 3.91. The van der Waals surface area contributed by atoms with Gasteiger partial charge in [0.15, 0.2) is 0 Å². The molecule has 0 radical (unpaired) electrons. The van der Waals surface area contributed by atoms with Gasteiger partial charge in [0.25, 0.3) is 15.9 Å². The molecule has 154 valence electrons. The molecule has 2 N–H and O–H groups in total. The molecule has 9 heteroatoms. The average molecular weight is 423 g/mol. The summed E-state index contributed by atoms with van der Waals surface area (Å²) in [5, 5.41) is 15.7. The molecule has 3 rings (SSSR count).